The molecule has 4 rings (SSSR count). The Bertz CT molecular complexity index is 1070. The van der Waals surface area contributed by atoms with E-state index in [4.69, 9.17) is 0 Å². The van der Waals surface area contributed by atoms with Crippen LogP contribution < -0.4 is 16.2 Å². The Hall–Kier alpha value is -2.93. The Morgan fingerprint density at radius 3 is 2.64 bits per heavy atom. The fourth-order valence-corrected chi connectivity index (χ4v) is 3.35. The molecular weight excluding hydrogens is 418 g/mol. The van der Waals surface area contributed by atoms with Crippen molar-refractivity contribution in [2.75, 3.05) is 17.2 Å². The molecule has 142 valence electrons. The summed E-state index contributed by atoms with van der Waals surface area (Å²) >= 11 is 3.45. The average molecular weight is 438 g/mol. The lowest BCUT2D eigenvalue weighted by Crippen LogP contribution is -2.23. The molecule has 28 heavy (non-hydrogen) atoms. The summed E-state index contributed by atoms with van der Waals surface area (Å²) < 4.78 is 2.52. The number of benzene rings is 2. The minimum Gasteiger partial charge on any atom is -0.368 e. The van der Waals surface area contributed by atoms with Gasteiger partial charge in [-0.25, -0.2) is 4.99 Å². The molecule has 0 saturated carbocycles. The number of anilines is 2. The van der Waals surface area contributed by atoms with Crippen molar-refractivity contribution in [1.82, 2.24) is 9.55 Å². The average Bonchev–Trinajstić information content (AvgIpc) is 2.94. The third-order valence-corrected chi connectivity index (χ3v) is 5.17. The van der Waals surface area contributed by atoms with Crippen molar-refractivity contribution in [3.63, 3.8) is 0 Å². The second-order valence-electron chi connectivity index (χ2n) is 6.58. The molecule has 2 aromatic carbocycles. The highest BCUT2D eigenvalue weighted by Gasteiger charge is 2.18. The van der Waals surface area contributed by atoms with Gasteiger partial charge in [0.05, 0.1) is 5.71 Å². The highest BCUT2D eigenvalue weighted by atomic mass is 79.9. The third kappa shape index (κ3) is 3.84. The van der Waals surface area contributed by atoms with Gasteiger partial charge in [-0.2, -0.15) is 4.98 Å². The highest BCUT2D eigenvalue weighted by molar-refractivity contribution is 9.10. The Balaban J connectivity index is 1.67. The Morgan fingerprint density at radius 2 is 1.89 bits per heavy atom. The molecule has 0 saturated heterocycles. The van der Waals surface area contributed by atoms with Crippen molar-refractivity contribution < 1.29 is 0 Å². The van der Waals surface area contributed by atoms with E-state index in [1.54, 1.807) is 7.05 Å². The predicted molar refractivity (Wildman–Crippen MR) is 117 cm³/mol. The summed E-state index contributed by atoms with van der Waals surface area (Å²) in [6, 6.07) is 18.0. The molecule has 1 aliphatic heterocycles. The van der Waals surface area contributed by atoms with Crippen LogP contribution in [0.4, 0.5) is 17.5 Å². The second-order valence-corrected chi connectivity index (χ2v) is 7.49. The van der Waals surface area contributed by atoms with Gasteiger partial charge in [0.25, 0.3) is 5.56 Å². The number of rotatable bonds is 4. The molecule has 0 radical (unpaired) electrons. The first-order chi connectivity index (χ1) is 13.6. The van der Waals surface area contributed by atoms with Crippen LogP contribution in [0.25, 0.3) is 0 Å². The smallest absolute Gasteiger partial charge is 0.282 e. The number of halogens is 1. The van der Waals surface area contributed by atoms with Crippen molar-refractivity contribution in [2.45, 2.75) is 13.0 Å². The van der Waals surface area contributed by atoms with E-state index in [1.807, 2.05) is 54.6 Å². The molecule has 0 bridgehead atoms. The Morgan fingerprint density at radius 1 is 1.14 bits per heavy atom. The van der Waals surface area contributed by atoms with Crippen LogP contribution in [0.5, 0.6) is 0 Å². The van der Waals surface area contributed by atoms with E-state index in [2.05, 4.69) is 36.5 Å². The predicted octanol–water partition coefficient (Wildman–Crippen LogP) is 4.09. The molecule has 0 unspecified atom stereocenters. The van der Waals surface area contributed by atoms with Crippen molar-refractivity contribution in [3.8, 4) is 0 Å². The van der Waals surface area contributed by atoms with Gasteiger partial charge in [0, 0.05) is 31.0 Å². The summed E-state index contributed by atoms with van der Waals surface area (Å²) in [5, 5.41) is 6.50. The van der Waals surface area contributed by atoms with E-state index >= 15 is 0 Å². The molecule has 0 fully saturated rings. The number of hydrogen-bond donors (Lipinski definition) is 2. The van der Waals surface area contributed by atoms with Gasteiger partial charge in [-0.3, -0.25) is 9.36 Å². The van der Waals surface area contributed by atoms with Gasteiger partial charge < -0.3 is 10.6 Å². The van der Waals surface area contributed by atoms with Crippen LogP contribution in [0.15, 0.2) is 68.9 Å². The number of fused-ring (bicyclic) bond motifs is 1. The molecule has 6 nitrogen and oxygen atoms in total. The number of aromatic nitrogens is 2. The maximum absolute atomic E-state index is 13.0. The van der Waals surface area contributed by atoms with E-state index in [-0.39, 0.29) is 5.56 Å². The van der Waals surface area contributed by atoms with Crippen molar-refractivity contribution in [3.05, 3.63) is 80.6 Å². The third-order valence-electron chi connectivity index (χ3n) is 4.64. The summed E-state index contributed by atoms with van der Waals surface area (Å²) in [5.41, 5.74) is 3.18. The maximum Gasteiger partial charge on any atom is 0.282 e. The topological polar surface area (TPSA) is 71.3 Å². The van der Waals surface area contributed by atoms with Crippen LogP contribution in [-0.4, -0.2) is 21.8 Å². The quantitative estimate of drug-likeness (QED) is 0.644. The molecule has 0 amide bonds. The van der Waals surface area contributed by atoms with Gasteiger partial charge in [-0.05, 0) is 23.3 Å². The first-order valence-electron chi connectivity index (χ1n) is 9.08. The lowest BCUT2D eigenvalue weighted by atomic mass is 10.1. The van der Waals surface area contributed by atoms with Gasteiger partial charge >= 0.3 is 0 Å². The lowest BCUT2D eigenvalue weighted by Gasteiger charge is -2.13. The van der Waals surface area contributed by atoms with Crippen LogP contribution in [0, 0.1) is 0 Å². The van der Waals surface area contributed by atoms with Crippen LogP contribution in [0.2, 0.25) is 0 Å². The first kappa shape index (κ1) is 18.4. The van der Waals surface area contributed by atoms with Crippen LogP contribution in [0.3, 0.4) is 0 Å². The summed E-state index contributed by atoms with van der Waals surface area (Å²) in [6.07, 6.45) is 0.716. The SMILES string of the molecule is Cn1c(NCc2ccccc2)nc2c(c1=O)N=C(c1ccc(Br)cc1)CCN2. The zero-order valence-electron chi connectivity index (χ0n) is 15.4. The molecule has 1 aromatic heterocycles. The van der Waals surface area contributed by atoms with E-state index < -0.39 is 0 Å². The van der Waals surface area contributed by atoms with Crippen LogP contribution in [0.1, 0.15) is 17.5 Å². The second kappa shape index (κ2) is 7.98. The summed E-state index contributed by atoms with van der Waals surface area (Å²) in [5.74, 6) is 1.04. The summed E-state index contributed by atoms with van der Waals surface area (Å²) in [7, 11) is 1.71. The lowest BCUT2D eigenvalue weighted by molar-refractivity contribution is 0.823. The van der Waals surface area contributed by atoms with Gasteiger partial charge in [-0.1, -0.05) is 58.4 Å². The number of nitrogens with zero attached hydrogens (tertiary/aromatic N) is 3. The van der Waals surface area contributed by atoms with Crippen molar-refractivity contribution >= 4 is 39.1 Å². The van der Waals surface area contributed by atoms with Crippen molar-refractivity contribution in [1.29, 1.82) is 0 Å². The fourth-order valence-electron chi connectivity index (χ4n) is 3.09. The molecule has 2 heterocycles. The summed E-state index contributed by atoms with van der Waals surface area (Å²) in [6.45, 7) is 1.26. The molecule has 7 heteroatoms. The minimum absolute atomic E-state index is 0.176. The minimum atomic E-state index is -0.176. The van der Waals surface area contributed by atoms with E-state index in [0.717, 1.165) is 21.3 Å². The van der Waals surface area contributed by atoms with E-state index in [9.17, 15) is 4.79 Å². The zero-order chi connectivity index (χ0) is 19.5. The normalized spacial score (nSPS) is 13.1. The van der Waals surface area contributed by atoms with E-state index in [0.29, 0.717) is 37.0 Å². The van der Waals surface area contributed by atoms with Gasteiger partial charge in [-0.15, -0.1) is 0 Å². The number of aliphatic imine (C=N–C) groups is 1. The zero-order valence-corrected chi connectivity index (χ0v) is 17.0. The molecule has 3 aromatic rings. The van der Waals surface area contributed by atoms with Gasteiger partial charge in [0.1, 0.15) is 0 Å². The highest BCUT2D eigenvalue weighted by Crippen LogP contribution is 2.25. The largest absolute Gasteiger partial charge is 0.368 e. The molecular formula is C21H20BrN5O. The molecule has 0 aliphatic carbocycles. The number of hydrogen-bond acceptors (Lipinski definition) is 5. The van der Waals surface area contributed by atoms with Gasteiger partial charge in [0.2, 0.25) is 5.95 Å². The van der Waals surface area contributed by atoms with Gasteiger partial charge in [0.15, 0.2) is 11.5 Å². The summed E-state index contributed by atoms with van der Waals surface area (Å²) in [4.78, 5) is 22.2. The monoisotopic (exact) mass is 437 g/mol. The molecule has 2 N–H and O–H groups in total. The first-order valence-corrected chi connectivity index (χ1v) is 9.87. The molecule has 0 spiro atoms. The van der Waals surface area contributed by atoms with E-state index in [1.165, 1.54) is 4.57 Å². The fraction of sp³-hybridized carbons (Fsp3) is 0.190. The standard InChI is InChI=1S/C21H20BrN5O/c1-27-20(28)18-19(26-21(27)24-13-14-5-3-2-4-6-14)23-12-11-17(25-18)15-7-9-16(22)10-8-15/h2-10,23H,11-13H2,1H3,(H,24,26). The molecule has 1 aliphatic rings. The Kier molecular flexibility index (Phi) is 5.25. The Labute approximate surface area is 171 Å². The maximum atomic E-state index is 13.0. The molecule has 0 atom stereocenters. The number of nitrogens with one attached hydrogen (secondary N) is 2. The van der Waals surface area contributed by atoms with Crippen LogP contribution >= 0.6 is 15.9 Å². The van der Waals surface area contributed by atoms with Crippen LogP contribution in [-0.2, 0) is 13.6 Å². The van der Waals surface area contributed by atoms with Crippen molar-refractivity contribution in [2.24, 2.45) is 12.0 Å².